The van der Waals surface area contributed by atoms with E-state index >= 15 is 0 Å². The second kappa shape index (κ2) is 2.87. The van der Waals surface area contributed by atoms with Crippen molar-refractivity contribution in [2.45, 2.75) is 12.5 Å². The SMILES string of the molecule is OC[C@H](O)C(F)F. The number of rotatable bonds is 2. The molecule has 0 aromatic heterocycles. The van der Waals surface area contributed by atoms with E-state index in [4.69, 9.17) is 10.2 Å². The van der Waals surface area contributed by atoms with Gasteiger partial charge in [-0.05, 0) is 0 Å². The summed E-state index contributed by atoms with van der Waals surface area (Å²) in [5, 5.41) is 15.7. The minimum atomic E-state index is -2.83. The first-order valence-corrected chi connectivity index (χ1v) is 1.75. The highest BCUT2D eigenvalue weighted by Gasteiger charge is 2.13. The highest BCUT2D eigenvalue weighted by Crippen LogP contribution is 1.97. The van der Waals surface area contributed by atoms with Crippen molar-refractivity contribution in [3.63, 3.8) is 0 Å². The largest absolute Gasteiger partial charge is 0.393 e. The third-order valence-electron chi connectivity index (χ3n) is 0.478. The number of aliphatic hydroxyl groups excluding tert-OH is 2. The van der Waals surface area contributed by atoms with Crippen molar-refractivity contribution in [3.05, 3.63) is 0 Å². The molecule has 1 atom stereocenters. The third kappa shape index (κ3) is 2.47. The van der Waals surface area contributed by atoms with E-state index in [1.807, 2.05) is 0 Å². The molecule has 0 heterocycles. The minimum absolute atomic E-state index is 0.877. The van der Waals surface area contributed by atoms with Crippen LogP contribution in [0.5, 0.6) is 0 Å². The molecule has 0 bridgehead atoms. The highest BCUT2D eigenvalue weighted by molar-refractivity contribution is 4.51. The normalized spacial score (nSPS) is 15.0. The lowest BCUT2D eigenvalue weighted by Gasteiger charge is -2.01. The van der Waals surface area contributed by atoms with Crippen molar-refractivity contribution in [1.29, 1.82) is 0 Å². The van der Waals surface area contributed by atoms with Crippen LogP contribution < -0.4 is 0 Å². The second-order valence-corrected chi connectivity index (χ2v) is 1.08. The molecule has 0 spiro atoms. The number of halogens is 2. The van der Waals surface area contributed by atoms with Crippen molar-refractivity contribution in [2.24, 2.45) is 0 Å². The summed E-state index contributed by atoms with van der Waals surface area (Å²) < 4.78 is 22.0. The fourth-order valence-corrected chi connectivity index (χ4v) is 0.0797. The Bertz CT molecular complexity index is 48.2. The van der Waals surface area contributed by atoms with Gasteiger partial charge < -0.3 is 10.2 Å². The number of hydrogen-bond acceptors (Lipinski definition) is 2. The highest BCUT2D eigenvalue weighted by atomic mass is 19.3. The van der Waals surface area contributed by atoms with Gasteiger partial charge in [-0.15, -0.1) is 0 Å². The van der Waals surface area contributed by atoms with Crippen molar-refractivity contribution < 1.29 is 19.0 Å². The summed E-state index contributed by atoms with van der Waals surface area (Å²) in [6, 6.07) is 0. The summed E-state index contributed by atoms with van der Waals surface area (Å²) in [6.45, 7) is -0.877. The van der Waals surface area contributed by atoms with Crippen LogP contribution in [-0.2, 0) is 0 Å². The van der Waals surface area contributed by atoms with Gasteiger partial charge in [-0.1, -0.05) is 0 Å². The van der Waals surface area contributed by atoms with Crippen molar-refractivity contribution >= 4 is 0 Å². The first-order valence-electron chi connectivity index (χ1n) is 1.75. The van der Waals surface area contributed by atoms with E-state index in [1.165, 1.54) is 0 Å². The van der Waals surface area contributed by atoms with Gasteiger partial charge in [0.05, 0.1) is 6.61 Å². The lowest BCUT2D eigenvalue weighted by molar-refractivity contribution is -0.0339. The van der Waals surface area contributed by atoms with Crippen LogP contribution in [0.3, 0.4) is 0 Å². The van der Waals surface area contributed by atoms with Gasteiger partial charge in [-0.2, -0.15) is 0 Å². The van der Waals surface area contributed by atoms with Crippen LogP contribution in [0.1, 0.15) is 0 Å². The molecular formula is C3H6F2O2. The Hall–Kier alpha value is -0.220. The topological polar surface area (TPSA) is 40.5 Å². The predicted molar refractivity (Wildman–Crippen MR) is 19.1 cm³/mol. The molecule has 4 heteroatoms. The van der Waals surface area contributed by atoms with Crippen LogP contribution >= 0.6 is 0 Å². The van der Waals surface area contributed by atoms with E-state index in [1.54, 1.807) is 0 Å². The quantitative estimate of drug-likeness (QED) is 0.510. The fourth-order valence-electron chi connectivity index (χ4n) is 0.0797. The molecule has 0 unspecified atom stereocenters. The van der Waals surface area contributed by atoms with E-state index in [-0.39, 0.29) is 0 Å². The van der Waals surface area contributed by atoms with E-state index in [2.05, 4.69) is 0 Å². The molecule has 0 amide bonds. The molecule has 0 saturated carbocycles. The zero-order chi connectivity index (χ0) is 5.86. The van der Waals surface area contributed by atoms with E-state index in [0.717, 1.165) is 0 Å². The zero-order valence-electron chi connectivity index (χ0n) is 3.51. The lowest BCUT2D eigenvalue weighted by Crippen LogP contribution is -2.21. The smallest absolute Gasteiger partial charge is 0.266 e. The van der Waals surface area contributed by atoms with Crippen LogP contribution in [0.25, 0.3) is 0 Å². The average Bonchev–Trinajstić information content (AvgIpc) is 1.65. The Morgan fingerprint density at radius 2 is 1.86 bits per heavy atom. The predicted octanol–water partition coefficient (Wildman–Crippen LogP) is -0.395. The van der Waals surface area contributed by atoms with Gasteiger partial charge in [0.15, 0.2) is 0 Å². The Morgan fingerprint density at radius 3 is 1.86 bits per heavy atom. The van der Waals surface area contributed by atoms with Crippen LogP contribution in [-0.4, -0.2) is 29.3 Å². The standard InChI is InChI=1S/C3H6F2O2/c4-3(5)2(7)1-6/h2-3,6-7H,1H2/t2-/m0/s1. The Labute approximate surface area is 39.4 Å². The molecule has 2 nitrogen and oxygen atoms in total. The molecule has 44 valence electrons. The number of aliphatic hydroxyl groups is 2. The maximum Gasteiger partial charge on any atom is 0.266 e. The summed E-state index contributed by atoms with van der Waals surface area (Å²) in [7, 11) is 0. The van der Waals surface area contributed by atoms with Gasteiger partial charge in [0.2, 0.25) is 0 Å². The van der Waals surface area contributed by atoms with Gasteiger partial charge in [0.1, 0.15) is 6.10 Å². The average molecular weight is 112 g/mol. The first-order chi connectivity index (χ1) is 3.18. The van der Waals surface area contributed by atoms with Crippen molar-refractivity contribution in [2.75, 3.05) is 6.61 Å². The zero-order valence-corrected chi connectivity index (χ0v) is 3.51. The van der Waals surface area contributed by atoms with Gasteiger partial charge >= 0.3 is 0 Å². The second-order valence-electron chi connectivity index (χ2n) is 1.08. The maximum absolute atomic E-state index is 11.0. The molecule has 0 rings (SSSR count). The number of hydrogen-bond donors (Lipinski definition) is 2. The number of alkyl halides is 2. The molecule has 0 aromatic rings. The van der Waals surface area contributed by atoms with Gasteiger partial charge in [-0.3, -0.25) is 0 Å². The molecule has 0 aliphatic carbocycles. The molecule has 7 heavy (non-hydrogen) atoms. The van der Waals surface area contributed by atoms with Crippen LogP contribution in [0.2, 0.25) is 0 Å². The van der Waals surface area contributed by atoms with E-state index in [0.29, 0.717) is 0 Å². The van der Waals surface area contributed by atoms with Crippen LogP contribution in [0.15, 0.2) is 0 Å². The van der Waals surface area contributed by atoms with Crippen LogP contribution in [0, 0.1) is 0 Å². The summed E-state index contributed by atoms with van der Waals surface area (Å²) in [4.78, 5) is 0. The molecule has 0 fully saturated rings. The fraction of sp³-hybridized carbons (Fsp3) is 1.00. The summed E-state index contributed by atoms with van der Waals surface area (Å²) in [5.74, 6) is 0. The van der Waals surface area contributed by atoms with Gasteiger partial charge in [0.25, 0.3) is 6.43 Å². The van der Waals surface area contributed by atoms with Crippen molar-refractivity contribution in [3.8, 4) is 0 Å². The Kier molecular flexibility index (Phi) is 2.78. The summed E-state index contributed by atoms with van der Waals surface area (Å²) in [6.07, 6.45) is -4.70. The molecule has 2 N–H and O–H groups in total. The van der Waals surface area contributed by atoms with Gasteiger partial charge in [0, 0.05) is 0 Å². The molecular weight excluding hydrogens is 106 g/mol. The molecule has 0 saturated heterocycles. The lowest BCUT2D eigenvalue weighted by atomic mass is 10.4. The van der Waals surface area contributed by atoms with E-state index in [9.17, 15) is 8.78 Å². The Morgan fingerprint density at radius 1 is 1.43 bits per heavy atom. The maximum atomic E-state index is 11.0. The molecule has 0 aromatic carbocycles. The van der Waals surface area contributed by atoms with Crippen LogP contribution in [0.4, 0.5) is 8.78 Å². The third-order valence-corrected chi connectivity index (χ3v) is 0.478. The monoisotopic (exact) mass is 112 g/mol. The minimum Gasteiger partial charge on any atom is -0.393 e. The summed E-state index contributed by atoms with van der Waals surface area (Å²) >= 11 is 0. The summed E-state index contributed by atoms with van der Waals surface area (Å²) in [5.41, 5.74) is 0. The Balaban J connectivity index is 3.14. The molecule has 0 aliphatic heterocycles. The molecule has 0 aliphatic rings. The first kappa shape index (κ1) is 6.78. The van der Waals surface area contributed by atoms with E-state index < -0.39 is 19.1 Å². The van der Waals surface area contributed by atoms with Crippen molar-refractivity contribution in [1.82, 2.24) is 0 Å². The molecule has 0 radical (unpaired) electrons. The van der Waals surface area contributed by atoms with Gasteiger partial charge in [-0.25, -0.2) is 8.78 Å².